The molecule has 0 bridgehead atoms. The maximum Gasteiger partial charge on any atom is 0.239 e. The molecule has 2 N–H and O–H groups in total. The van der Waals surface area contributed by atoms with Gasteiger partial charge in [0, 0.05) is 31.1 Å². The second-order valence-electron chi connectivity index (χ2n) is 7.87. The van der Waals surface area contributed by atoms with Crippen LogP contribution >= 0.6 is 0 Å². The van der Waals surface area contributed by atoms with E-state index in [1.807, 2.05) is 18.7 Å². The van der Waals surface area contributed by atoms with Crippen LogP contribution in [0.15, 0.2) is 0 Å². The van der Waals surface area contributed by atoms with Gasteiger partial charge >= 0.3 is 0 Å². The standard InChI is InChI=1S/C18H31N3O2/c1-12(2)17(22)19-14-7-9-21(10-8-14)18(23)16-11-13-5-3-4-6-15(13)20-16/h12-16,20H,3-11H2,1-2H3,(H,19,22). The van der Waals surface area contributed by atoms with Crippen molar-refractivity contribution >= 4 is 11.8 Å². The molecule has 5 heteroatoms. The van der Waals surface area contributed by atoms with Crippen molar-refractivity contribution in [3.63, 3.8) is 0 Å². The molecule has 0 spiro atoms. The number of fused-ring (bicyclic) bond motifs is 1. The van der Waals surface area contributed by atoms with E-state index in [1.165, 1.54) is 25.7 Å². The Balaban J connectivity index is 1.46. The number of carbonyl (C=O) groups excluding carboxylic acids is 2. The molecule has 0 aromatic carbocycles. The van der Waals surface area contributed by atoms with Gasteiger partial charge in [-0.3, -0.25) is 9.59 Å². The Morgan fingerprint density at radius 1 is 1.09 bits per heavy atom. The summed E-state index contributed by atoms with van der Waals surface area (Å²) in [5, 5.41) is 6.68. The molecule has 3 rings (SSSR count). The van der Waals surface area contributed by atoms with E-state index >= 15 is 0 Å². The van der Waals surface area contributed by atoms with E-state index in [1.54, 1.807) is 0 Å². The molecule has 1 aliphatic carbocycles. The van der Waals surface area contributed by atoms with Gasteiger partial charge in [-0.25, -0.2) is 0 Å². The average molecular weight is 321 g/mol. The molecular formula is C18H31N3O2. The van der Waals surface area contributed by atoms with Crippen LogP contribution in [0.1, 0.15) is 58.8 Å². The summed E-state index contributed by atoms with van der Waals surface area (Å²) in [4.78, 5) is 26.5. The first-order chi connectivity index (χ1) is 11.0. The minimum Gasteiger partial charge on any atom is -0.353 e. The summed E-state index contributed by atoms with van der Waals surface area (Å²) in [6.07, 6.45) is 7.92. The summed E-state index contributed by atoms with van der Waals surface area (Å²) in [5.74, 6) is 1.14. The zero-order valence-electron chi connectivity index (χ0n) is 14.5. The SMILES string of the molecule is CC(C)C(=O)NC1CCN(C(=O)C2CC3CCCCC3N2)CC1. The lowest BCUT2D eigenvalue weighted by atomic mass is 9.85. The highest BCUT2D eigenvalue weighted by Crippen LogP contribution is 2.33. The Morgan fingerprint density at radius 2 is 1.78 bits per heavy atom. The Bertz CT molecular complexity index is 430. The van der Waals surface area contributed by atoms with Gasteiger partial charge in [-0.05, 0) is 38.0 Å². The van der Waals surface area contributed by atoms with E-state index in [4.69, 9.17) is 0 Å². The van der Waals surface area contributed by atoms with Crippen LogP contribution in [0.5, 0.6) is 0 Å². The molecule has 2 amide bonds. The summed E-state index contributed by atoms with van der Waals surface area (Å²) >= 11 is 0. The van der Waals surface area contributed by atoms with Crippen molar-refractivity contribution in [3.05, 3.63) is 0 Å². The van der Waals surface area contributed by atoms with Gasteiger partial charge in [-0.1, -0.05) is 26.7 Å². The van der Waals surface area contributed by atoms with Crippen molar-refractivity contribution in [3.8, 4) is 0 Å². The molecule has 3 fully saturated rings. The van der Waals surface area contributed by atoms with Crippen LogP contribution < -0.4 is 10.6 Å². The fourth-order valence-corrected chi connectivity index (χ4v) is 4.34. The third-order valence-electron chi connectivity index (χ3n) is 5.84. The molecule has 0 radical (unpaired) electrons. The van der Waals surface area contributed by atoms with Gasteiger partial charge in [0.1, 0.15) is 0 Å². The van der Waals surface area contributed by atoms with Crippen molar-refractivity contribution in [2.75, 3.05) is 13.1 Å². The van der Waals surface area contributed by atoms with Gasteiger partial charge < -0.3 is 15.5 Å². The van der Waals surface area contributed by atoms with E-state index < -0.39 is 0 Å². The Kier molecular flexibility index (Phi) is 5.24. The largest absolute Gasteiger partial charge is 0.353 e. The number of piperidine rings is 1. The summed E-state index contributed by atoms with van der Waals surface area (Å²) in [5.41, 5.74) is 0. The van der Waals surface area contributed by atoms with Crippen molar-refractivity contribution in [2.24, 2.45) is 11.8 Å². The molecule has 1 saturated carbocycles. The smallest absolute Gasteiger partial charge is 0.239 e. The highest BCUT2D eigenvalue weighted by molar-refractivity contribution is 5.82. The third kappa shape index (κ3) is 3.87. The first-order valence-corrected chi connectivity index (χ1v) is 9.40. The molecule has 0 aromatic heterocycles. The quantitative estimate of drug-likeness (QED) is 0.831. The van der Waals surface area contributed by atoms with Crippen molar-refractivity contribution in [1.82, 2.24) is 15.5 Å². The maximum atomic E-state index is 12.8. The van der Waals surface area contributed by atoms with Crippen LogP contribution in [0, 0.1) is 11.8 Å². The summed E-state index contributed by atoms with van der Waals surface area (Å²) in [6, 6.07) is 0.832. The first kappa shape index (κ1) is 16.7. The summed E-state index contributed by atoms with van der Waals surface area (Å²) < 4.78 is 0. The third-order valence-corrected chi connectivity index (χ3v) is 5.84. The number of carbonyl (C=O) groups is 2. The highest BCUT2D eigenvalue weighted by atomic mass is 16.2. The minimum absolute atomic E-state index is 0.0284. The Labute approximate surface area is 139 Å². The van der Waals surface area contributed by atoms with Gasteiger partial charge in [-0.15, -0.1) is 0 Å². The zero-order valence-corrected chi connectivity index (χ0v) is 14.5. The second kappa shape index (κ2) is 7.20. The van der Waals surface area contributed by atoms with Crippen LogP contribution in [0.2, 0.25) is 0 Å². The van der Waals surface area contributed by atoms with Gasteiger partial charge in [0.15, 0.2) is 0 Å². The predicted molar refractivity (Wildman–Crippen MR) is 89.9 cm³/mol. The van der Waals surface area contributed by atoms with Gasteiger partial charge in [0.2, 0.25) is 11.8 Å². The maximum absolute atomic E-state index is 12.8. The number of nitrogens with one attached hydrogen (secondary N) is 2. The number of hydrogen-bond donors (Lipinski definition) is 2. The summed E-state index contributed by atoms with van der Waals surface area (Å²) in [7, 11) is 0. The molecular weight excluding hydrogens is 290 g/mol. The topological polar surface area (TPSA) is 61.4 Å². The van der Waals surface area contributed by atoms with E-state index in [-0.39, 0.29) is 29.8 Å². The molecule has 2 heterocycles. The lowest BCUT2D eigenvalue weighted by Gasteiger charge is -2.34. The molecule has 3 unspecified atom stereocenters. The van der Waals surface area contributed by atoms with E-state index in [9.17, 15) is 9.59 Å². The molecule has 130 valence electrons. The average Bonchev–Trinajstić information content (AvgIpc) is 2.98. The van der Waals surface area contributed by atoms with Crippen LogP contribution in [0.3, 0.4) is 0 Å². The molecule has 0 aromatic rings. The molecule has 2 saturated heterocycles. The van der Waals surface area contributed by atoms with Gasteiger partial charge in [-0.2, -0.15) is 0 Å². The van der Waals surface area contributed by atoms with Crippen molar-refractivity contribution in [2.45, 2.75) is 76.9 Å². The number of rotatable bonds is 3. The fourth-order valence-electron chi connectivity index (χ4n) is 4.34. The lowest BCUT2D eigenvalue weighted by Crippen LogP contribution is -2.51. The number of nitrogens with zero attached hydrogens (tertiary/aromatic N) is 1. The van der Waals surface area contributed by atoms with Gasteiger partial charge in [0.05, 0.1) is 6.04 Å². The monoisotopic (exact) mass is 321 g/mol. The Morgan fingerprint density at radius 3 is 2.43 bits per heavy atom. The second-order valence-corrected chi connectivity index (χ2v) is 7.87. The molecule has 3 atom stereocenters. The van der Waals surface area contributed by atoms with Crippen LogP contribution in [0.25, 0.3) is 0 Å². The molecule has 2 aliphatic heterocycles. The molecule has 23 heavy (non-hydrogen) atoms. The molecule has 3 aliphatic rings. The normalized spacial score (nSPS) is 32.0. The number of amides is 2. The van der Waals surface area contributed by atoms with E-state index in [0.29, 0.717) is 12.0 Å². The van der Waals surface area contributed by atoms with Crippen LogP contribution in [0.4, 0.5) is 0 Å². The Hall–Kier alpha value is -1.10. The van der Waals surface area contributed by atoms with Crippen molar-refractivity contribution in [1.29, 1.82) is 0 Å². The minimum atomic E-state index is 0.0284. The van der Waals surface area contributed by atoms with E-state index in [2.05, 4.69) is 10.6 Å². The number of likely N-dealkylation sites (tertiary alicyclic amines) is 1. The van der Waals surface area contributed by atoms with Crippen LogP contribution in [-0.2, 0) is 9.59 Å². The highest BCUT2D eigenvalue weighted by Gasteiger charge is 2.40. The predicted octanol–water partition coefficient (Wildman–Crippen LogP) is 1.67. The number of hydrogen-bond acceptors (Lipinski definition) is 3. The fraction of sp³-hybridized carbons (Fsp3) is 0.889. The molecule has 5 nitrogen and oxygen atoms in total. The van der Waals surface area contributed by atoms with E-state index in [0.717, 1.165) is 32.4 Å². The van der Waals surface area contributed by atoms with Gasteiger partial charge in [0.25, 0.3) is 0 Å². The summed E-state index contributed by atoms with van der Waals surface area (Å²) in [6.45, 7) is 5.38. The van der Waals surface area contributed by atoms with Crippen molar-refractivity contribution < 1.29 is 9.59 Å². The zero-order chi connectivity index (χ0) is 16.4. The van der Waals surface area contributed by atoms with Crippen LogP contribution in [-0.4, -0.2) is 47.9 Å². The first-order valence-electron chi connectivity index (χ1n) is 9.40. The lowest BCUT2D eigenvalue weighted by molar-refractivity contribution is -0.134.